The molecule has 214 valence electrons. The fourth-order valence-corrected chi connectivity index (χ4v) is 5.23. The molecule has 0 aromatic carbocycles. The Labute approximate surface area is 224 Å². The molecule has 0 aromatic heterocycles. The monoisotopic (exact) mass is 510 g/mol. The second-order valence-electron chi connectivity index (χ2n) is 11.2. The average Bonchev–Trinajstić information content (AvgIpc) is 2.85. The average molecular weight is 511 g/mol. The van der Waals surface area contributed by atoms with Crippen molar-refractivity contribution in [1.82, 2.24) is 0 Å². The molecule has 0 aliphatic rings. The highest BCUT2D eigenvalue weighted by molar-refractivity contribution is 5.69. The van der Waals surface area contributed by atoms with Gasteiger partial charge in [-0.05, 0) is 51.4 Å². The fourth-order valence-electron chi connectivity index (χ4n) is 5.23. The van der Waals surface area contributed by atoms with Crippen molar-refractivity contribution in [2.45, 2.75) is 193 Å². The summed E-state index contributed by atoms with van der Waals surface area (Å²) in [5.74, 6) is -0.697. The molecule has 0 fully saturated rings. The number of hydrogen-bond donors (Lipinski definition) is 1. The molecule has 0 bridgehead atoms. The highest BCUT2D eigenvalue weighted by Gasteiger charge is 2.32. The Morgan fingerprint density at radius 1 is 0.500 bits per heavy atom. The number of aliphatic carboxylic acids is 1. The number of hydrogen-bond acceptors (Lipinski definition) is 3. The van der Waals surface area contributed by atoms with Crippen LogP contribution in [0.3, 0.4) is 0 Å². The van der Waals surface area contributed by atoms with Gasteiger partial charge in [0, 0.05) is 12.8 Å². The number of unbranched alkanes of at least 4 members (excludes halogenated alkanes) is 17. The van der Waals surface area contributed by atoms with E-state index in [0.717, 1.165) is 57.8 Å². The Hall–Kier alpha value is -1.06. The van der Waals surface area contributed by atoms with Gasteiger partial charge in [0.25, 0.3) is 0 Å². The maximum absolute atomic E-state index is 13.0. The minimum Gasteiger partial charge on any atom is -0.481 e. The number of carboxylic acid groups (broad SMARTS) is 1. The van der Waals surface area contributed by atoms with Gasteiger partial charge in [-0.3, -0.25) is 9.59 Å². The molecule has 4 nitrogen and oxygen atoms in total. The van der Waals surface area contributed by atoms with Crippen LogP contribution in [0.1, 0.15) is 188 Å². The zero-order valence-electron chi connectivity index (χ0n) is 24.6. The molecule has 0 amide bonds. The number of ether oxygens (including phenoxy) is 1. The van der Waals surface area contributed by atoms with Crippen LogP contribution in [0.2, 0.25) is 0 Å². The van der Waals surface area contributed by atoms with Crippen molar-refractivity contribution in [3.8, 4) is 0 Å². The fraction of sp³-hybridized carbons (Fsp3) is 0.938. The minimum absolute atomic E-state index is 0.00908. The first-order chi connectivity index (χ1) is 17.5. The predicted octanol–water partition coefficient (Wildman–Crippen LogP) is 10.6. The van der Waals surface area contributed by atoms with Gasteiger partial charge >= 0.3 is 11.9 Å². The summed E-state index contributed by atoms with van der Waals surface area (Å²) in [7, 11) is 0. The first-order valence-electron chi connectivity index (χ1n) is 15.9. The van der Waals surface area contributed by atoms with E-state index in [0.29, 0.717) is 6.42 Å². The zero-order valence-corrected chi connectivity index (χ0v) is 24.6. The number of carboxylic acids is 1. The highest BCUT2D eigenvalue weighted by Crippen LogP contribution is 2.33. The third kappa shape index (κ3) is 22.2. The van der Waals surface area contributed by atoms with E-state index in [2.05, 4.69) is 20.8 Å². The molecule has 0 aromatic rings. The molecule has 0 atom stereocenters. The SMILES string of the molecule is CCCCCCCCCC(CCCCCC)(CCCCCC)OC(=O)CCCCCCCCC(=O)O. The van der Waals surface area contributed by atoms with E-state index in [4.69, 9.17) is 9.84 Å². The molecule has 4 heteroatoms. The van der Waals surface area contributed by atoms with Crippen molar-refractivity contribution in [3.05, 3.63) is 0 Å². The maximum atomic E-state index is 13.0. The molecule has 0 rings (SSSR count). The van der Waals surface area contributed by atoms with Crippen molar-refractivity contribution in [3.63, 3.8) is 0 Å². The van der Waals surface area contributed by atoms with E-state index < -0.39 is 5.97 Å². The third-order valence-corrected chi connectivity index (χ3v) is 7.56. The highest BCUT2D eigenvalue weighted by atomic mass is 16.6. The Morgan fingerprint density at radius 2 is 0.833 bits per heavy atom. The molecule has 0 saturated heterocycles. The summed E-state index contributed by atoms with van der Waals surface area (Å²) in [5, 5.41) is 8.73. The van der Waals surface area contributed by atoms with Gasteiger partial charge < -0.3 is 9.84 Å². The lowest BCUT2D eigenvalue weighted by Gasteiger charge is -2.34. The van der Waals surface area contributed by atoms with Crippen molar-refractivity contribution in [2.24, 2.45) is 0 Å². The summed E-state index contributed by atoms with van der Waals surface area (Å²) >= 11 is 0. The number of esters is 1. The molecule has 0 saturated carbocycles. The Balaban J connectivity index is 4.74. The summed E-state index contributed by atoms with van der Waals surface area (Å²) in [6.45, 7) is 6.77. The largest absolute Gasteiger partial charge is 0.481 e. The Morgan fingerprint density at radius 3 is 1.25 bits per heavy atom. The van der Waals surface area contributed by atoms with Crippen LogP contribution in [-0.2, 0) is 14.3 Å². The molecule has 0 unspecified atom stereocenters. The lowest BCUT2D eigenvalue weighted by Crippen LogP contribution is -2.35. The summed E-state index contributed by atoms with van der Waals surface area (Å²) in [5.41, 5.74) is -0.251. The second kappa shape index (κ2) is 25.6. The predicted molar refractivity (Wildman–Crippen MR) is 154 cm³/mol. The van der Waals surface area contributed by atoms with Crippen LogP contribution < -0.4 is 0 Å². The molecule has 36 heavy (non-hydrogen) atoms. The molecule has 1 N–H and O–H groups in total. The van der Waals surface area contributed by atoms with Gasteiger partial charge in [0.05, 0.1) is 0 Å². The van der Waals surface area contributed by atoms with E-state index >= 15 is 0 Å². The Bertz CT molecular complexity index is 490. The molecule has 0 heterocycles. The van der Waals surface area contributed by atoms with Crippen LogP contribution in [-0.4, -0.2) is 22.6 Å². The lowest BCUT2D eigenvalue weighted by molar-refractivity contribution is -0.163. The first kappa shape index (κ1) is 34.9. The van der Waals surface area contributed by atoms with E-state index in [1.807, 2.05) is 0 Å². The maximum Gasteiger partial charge on any atom is 0.306 e. The standard InChI is InChI=1S/C32H62O4/c1-4-7-10-13-16-19-24-29-32(27-22-11-8-5-2,28-23-12-9-6-3)36-31(35)26-21-18-15-14-17-20-25-30(33)34/h4-29H2,1-3H3,(H,33,34). The first-order valence-corrected chi connectivity index (χ1v) is 15.9. The quantitative estimate of drug-likeness (QED) is 0.0839. The van der Waals surface area contributed by atoms with Crippen LogP contribution >= 0.6 is 0 Å². The van der Waals surface area contributed by atoms with Crippen LogP contribution in [0.4, 0.5) is 0 Å². The second-order valence-corrected chi connectivity index (χ2v) is 11.2. The van der Waals surface area contributed by atoms with Crippen LogP contribution in [0, 0.1) is 0 Å². The normalized spacial score (nSPS) is 11.6. The zero-order chi connectivity index (χ0) is 26.7. The molecule has 0 aliphatic heterocycles. The van der Waals surface area contributed by atoms with E-state index in [9.17, 15) is 9.59 Å². The lowest BCUT2D eigenvalue weighted by atomic mass is 9.84. The molecule has 0 spiro atoms. The van der Waals surface area contributed by atoms with E-state index in [1.54, 1.807) is 0 Å². The molecular formula is C32H62O4. The van der Waals surface area contributed by atoms with Crippen molar-refractivity contribution >= 4 is 11.9 Å². The van der Waals surface area contributed by atoms with Crippen LogP contribution in [0.15, 0.2) is 0 Å². The van der Waals surface area contributed by atoms with Gasteiger partial charge in [0.2, 0.25) is 0 Å². The molecule has 0 radical (unpaired) electrons. The minimum atomic E-state index is -0.706. The Kier molecular flexibility index (Phi) is 24.8. The van der Waals surface area contributed by atoms with Crippen molar-refractivity contribution < 1.29 is 19.4 Å². The summed E-state index contributed by atoms with van der Waals surface area (Å²) in [4.78, 5) is 23.6. The van der Waals surface area contributed by atoms with Gasteiger partial charge in [-0.2, -0.15) is 0 Å². The number of carbonyl (C=O) groups excluding carboxylic acids is 1. The van der Waals surface area contributed by atoms with Gasteiger partial charge in [-0.25, -0.2) is 0 Å². The van der Waals surface area contributed by atoms with Crippen LogP contribution in [0.5, 0.6) is 0 Å². The smallest absolute Gasteiger partial charge is 0.306 e. The number of rotatable bonds is 28. The van der Waals surface area contributed by atoms with Gasteiger partial charge in [-0.1, -0.05) is 124 Å². The van der Waals surface area contributed by atoms with E-state index in [1.165, 1.54) is 96.3 Å². The molecule has 0 aliphatic carbocycles. The topological polar surface area (TPSA) is 63.6 Å². The van der Waals surface area contributed by atoms with Crippen LogP contribution in [0.25, 0.3) is 0 Å². The van der Waals surface area contributed by atoms with Gasteiger partial charge in [0.15, 0.2) is 0 Å². The third-order valence-electron chi connectivity index (χ3n) is 7.56. The van der Waals surface area contributed by atoms with Gasteiger partial charge in [0.1, 0.15) is 5.60 Å². The molecular weight excluding hydrogens is 448 g/mol. The number of carbonyl (C=O) groups is 2. The van der Waals surface area contributed by atoms with Gasteiger partial charge in [-0.15, -0.1) is 0 Å². The van der Waals surface area contributed by atoms with E-state index in [-0.39, 0.29) is 18.0 Å². The van der Waals surface area contributed by atoms with Crippen molar-refractivity contribution in [2.75, 3.05) is 0 Å². The van der Waals surface area contributed by atoms with Crippen molar-refractivity contribution in [1.29, 1.82) is 0 Å². The summed E-state index contributed by atoms with van der Waals surface area (Å²) in [6, 6.07) is 0. The summed E-state index contributed by atoms with van der Waals surface area (Å²) < 4.78 is 6.41. The summed E-state index contributed by atoms with van der Waals surface area (Å²) in [6.07, 6.45) is 28.5.